The molecule has 0 aromatic heterocycles. The Morgan fingerprint density at radius 1 is 0.697 bits per heavy atom. The van der Waals surface area contributed by atoms with Crippen molar-refractivity contribution < 1.29 is 24.3 Å². The lowest BCUT2D eigenvalue weighted by Crippen LogP contribution is -2.21. The fourth-order valence-corrected chi connectivity index (χ4v) is 1.82. The number of hydrogen-bond donors (Lipinski definition) is 5. The van der Waals surface area contributed by atoms with E-state index in [0.29, 0.717) is 11.1 Å². The van der Waals surface area contributed by atoms with Crippen molar-refractivity contribution in [1.29, 1.82) is 0 Å². The molecule has 0 aliphatic heterocycles. The van der Waals surface area contributed by atoms with Crippen LogP contribution >= 0.6 is 0 Å². The first kappa shape index (κ1) is 40.0. The van der Waals surface area contributed by atoms with Gasteiger partial charge in [0, 0.05) is 18.2 Å². The number of carboxylic acid groups (broad SMARTS) is 1. The summed E-state index contributed by atoms with van der Waals surface area (Å²) in [7, 11) is 3.01. The predicted octanol–water partition coefficient (Wildman–Crippen LogP) is 4.30. The Bertz CT molecular complexity index is 739. The van der Waals surface area contributed by atoms with Gasteiger partial charge in [-0.25, -0.2) is 0 Å². The van der Waals surface area contributed by atoms with Gasteiger partial charge in [-0.15, -0.1) is 0 Å². The molecule has 0 heterocycles. The van der Waals surface area contributed by atoms with Crippen molar-refractivity contribution in [1.82, 2.24) is 17.6 Å². The van der Waals surface area contributed by atoms with E-state index in [-0.39, 0.29) is 36.2 Å². The molecule has 0 radical (unpaired) electrons. The highest BCUT2D eigenvalue weighted by molar-refractivity contribution is 6.07. The van der Waals surface area contributed by atoms with Gasteiger partial charge in [-0.05, 0) is 7.05 Å². The molecular formula is C24H42N4O5. The lowest BCUT2D eigenvalue weighted by molar-refractivity contribution is -0.136. The number of carboxylic acids is 1. The molecule has 9 heteroatoms. The number of amides is 1. The van der Waals surface area contributed by atoms with Gasteiger partial charge >= 0.3 is 5.97 Å². The van der Waals surface area contributed by atoms with Crippen molar-refractivity contribution in [3.63, 3.8) is 0 Å². The topological polar surface area (TPSA) is 197 Å². The number of aliphatic carboxylic acids is 1. The number of carbonyl (C=O) groups is 4. The van der Waals surface area contributed by atoms with Gasteiger partial charge in [-0.3, -0.25) is 19.2 Å². The van der Waals surface area contributed by atoms with Crippen molar-refractivity contribution in [2.45, 2.75) is 40.5 Å². The lowest BCUT2D eigenvalue weighted by Gasteiger charge is -1.98. The molecule has 0 fully saturated rings. The number of benzene rings is 2. The van der Waals surface area contributed by atoms with Crippen molar-refractivity contribution in [2.75, 3.05) is 14.1 Å². The van der Waals surface area contributed by atoms with E-state index in [1.165, 1.54) is 14.1 Å². The number of Topliss-reactive ketones (excluding diaryl/α,β-unsaturated/α-hetero) is 2. The highest BCUT2D eigenvalue weighted by Crippen LogP contribution is 2.03. The Balaban J connectivity index is -0.000000123. The summed E-state index contributed by atoms with van der Waals surface area (Å²) in [6.07, 6.45) is -0.523. The highest BCUT2D eigenvalue weighted by atomic mass is 16.4. The second kappa shape index (κ2) is 28.6. The summed E-state index contributed by atoms with van der Waals surface area (Å²) < 4.78 is 0. The quantitative estimate of drug-likeness (QED) is 0.306. The maximum atomic E-state index is 11.4. The van der Waals surface area contributed by atoms with Crippen LogP contribution in [0.3, 0.4) is 0 Å². The first-order valence-electron chi connectivity index (χ1n) is 10.1. The summed E-state index contributed by atoms with van der Waals surface area (Å²) >= 11 is 0. The van der Waals surface area contributed by atoms with Crippen LogP contribution in [0.1, 0.15) is 61.3 Å². The Kier molecular flexibility index (Phi) is 34.7. The lowest BCUT2D eigenvalue weighted by atomic mass is 10.1. The number of hydrogen-bond acceptors (Lipinski definition) is 7. The smallest absolute Gasteiger partial charge is 0.311 e. The Morgan fingerprint density at radius 2 is 1.00 bits per heavy atom. The molecule has 9 nitrogen and oxygen atoms in total. The van der Waals surface area contributed by atoms with E-state index in [4.69, 9.17) is 5.11 Å². The maximum absolute atomic E-state index is 11.4. The minimum absolute atomic E-state index is 0. The van der Waals surface area contributed by atoms with Gasteiger partial charge in [-0.1, -0.05) is 88.4 Å². The molecule has 0 bridgehead atoms. The van der Waals surface area contributed by atoms with Crippen molar-refractivity contribution in [2.24, 2.45) is 5.73 Å². The molecule has 2 aromatic rings. The second-order valence-electron chi connectivity index (χ2n) is 5.00. The monoisotopic (exact) mass is 466 g/mol. The van der Waals surface area contributed by atoms with Crippen molar-refractivity contribution >= 4 is 23.4 Å². The van der Waals surface area contributed by atoms with E-state index >= 15 is 0 Å². The third-order valence-corrected chi connectivity index (χ3v) is 3.10. The first-order valence-corrected chi connectivity index (χ1v) is 10.1. The third-order valence-electron chi connectivity index (χ3n) is 3.10. The van der Waals surface area contributed by atoms with E-state index in [1.54, 1.807) is 54.6 Å². The number of carbonyl (C=O) groups excluding carboxylic acids is 3. The van der Waals surface area contributed by atoms with E-state index in [1.807, 2.05) is 33.8 Å². The van der Waals surface area contributed by atoms with E-state index in [0.717, 1.165) is 0 Å². The van der Waals surface area contributed by atoms with Crippen LogP contribution < -0.4 is 23.4 Å². The molecule has 2 rings (SSSR count). The largest absolute Gasteiger partial charge is 0.481 e. The van der Waals surface area contributed by atoms with Crippen LogP contribution in [0.2, 0.25) is 0 Å². The average molecular weight is 467 g/mol. The van der Waals surface area contributed by atoms with Crippen LogP contribution in [-0.2, 0) is 9.59 Å². The molecule has 0 saturated heterocycles. The van der Waals surface area contributed by atoms with Crippen LogP contribution in [0.5, 0.6) is 0 Å². The molecule has 10 N–H and O–H groups in total. The zero-order valence-electron chi connectivity index (χ0n) is 20.8. The molecule has 0 aliphatic rings. The minimum atomic E-state index is -1.09. The van der Waals surface area contributed by atoms with E-state index in [9.17, 15) is 19.2 Å². The minimum Gasteiger partial charge on any atom is -0.481 e. The van der Waals surface area contributed by atoms with Gasteiger partial charge in [-0.2, -0.15) is 0 Å². The van der Waals surface area contributed by atoms with Crippen LogP contribution in [-0.4, -0.2) is 42.6 Å². The molecular weight excluding hydrogens is 424 g/mol. The maximum Gasteiger partial charge on any atom is 0.311 e. The molecule has 0 unspecified atom stereocenters. The molecule has 0 aliphatic carbocycles. The van der Waals surface area contributed by atoms with Crippen LogP contribution in [0.15, 0.2) is 60.7 Å². The molecule has 33 heavy (non-hydrogen) atoms. The SMILES string of the molecule is CC.CC.CN.CNC(=O)CC(=O)c1ccccc1.N.N.O=C(O)CC(=O)c1ccccc1. The summed E-state index contributed by atoms with van der Waals surface area (Å²) in [5, 5.41) is 10.7. The molecule has 0 spiro atoms. The zero-order valence-corrected chi connectivity index (χ0v) is 20.8. The van der Waals surface area contributed by atoms with Gasteiger partial charge in [0.15, 0.2) is 11.6 Å². The van der Waals surface area contributed by atoms with Crippen molar-refractivity contribution in [3.05, 3.63) is 71.8 Å². The van der Waals surface area contributed by atoms with E-state index in [2.05, 4.69) is 11.1 Å². The number of nitrogens with one attached hydrogen (secondary N) is 1. The average Bonchev–Trinajstić information content (AvgIpc) is 2.84. The Hall–Kier alpha value is -3.40. The number of nitrogens with two attached hydrogens (primary N) is 1. The molecule has 2 aromatic carbocycles. The van der Waals surface area contributed by atoms with Gasteiger partial charge in [0.2, 0.25) is 5.91 Å². The standard InChI is InChI=1S/C10H11NO2.C9H8O3.2C2H6.CH5N.2H3N/c1-11-10(13)7-9(12)8-5-3-2-4-6-8;10-8(6-9(11)12)7-4-2-1-3-5-7;3*1-2;;/h2-6H,7H2,1H3,(H,11,13);1-5H,6H2,(H,11,12);2*1-2H3;2H2,1H3;2*1H3. The molecule has 0 saturated carbocycles. The van der Waals surface area contributed by atoms with Crippen LogP contribution in [0, 0.1) is 0 Å². The fraction of sp³-hybridized carbons (Fsp3) is 0.333. The van der Waals surface area contributed by atoms with Gasteiger partial charge in [0.25, 0.3) is 0 Å². The summed E-state index contributed by atoms with van der Waals surface area (Å²) in [4.78, 5) is 43.5. The van der Waals surface area contributed by atoms with Gasteiger partial charge in [0.05, 0.1) is 6.42 Å². The second-order valence-corrected chi connectivity index (χ2v) is 5.00. The van der Waals surface area contributed by atoms with Crippen molar-refractivity contribution in [3.8, 4) is 0 Å². The Labute approximate surface area is 197 Å². The Morgan fingerprint density at radius 3 is 1.27 bits per heavy atom. The molecule has 1 amide bonds. The summed E-state index contributed by atoms with van der Waals surface area (Å²) in [5.41, 5.74) is 5.52. The first-order chi connectivity index (χ1) is 14.9. The van der Waals surface area contributed by atoms with E-state index < -0.39 is 12.4 Å². The van der Waals surface area contributed by atoms with Gasteiger partial charge in [0.1, 0.15) is 6.42 Å². The summed E-state index contributed by atoms with van der Waals surface area (Å²) in [6, 6.07) is 17.2. The van der Waals surface area contributed by atoms with Crippen LogP contribution in [0.25, 0.3) is 0 Å². The fourth-order valence-electron chi connectivity index (χ4n) is 1.82. The third kappa shape index (κ3) is 21.6. The summed E-state index contributed by atoms with van der Waals surface area (Å²) in [5.74, 6) is -1.86. The normalized spacial score (nSPS) is 7.61. The zero-order chi connectivity index (χ0) is 24.7. The summed E-state index contributed by atoms with van der Waals surface area (Å²) in [6.45, 7) is 8.00. The molecule has 188 valence electrons. The van der Waals surface area contributed by atoms with Gasteiger partial charge < -0.3 is 28.5 Å². The molecule has 0 atom stereocenters. The van der Waals surface area contributed by atoms with Crippen LogP contribution in [0.4, 0.5) is 0 Å². The number of rotatable bonds is 6. The number of ketones is 2. The predicted molar refractivity (Wildman–Crippen MR) is 135 cm³/mol. The highest BCUT2D eigenvalue weighted by Gasteiger charge is 2.09.